The molecule has 1 atom stereocenters. The fourth-order valence-corrected chi connectivity index (χ4v) is 3.91. The van der Waals surface area contributed by atoms with E-state index in [4.69, 9.17) is 4.74 Å². The number of alkyl halides is 3. The smallest absolute Gasteiger partial charge is 0.372 e. The maximum absolute atomic E-state index is 14.1. The van der Waals surface area contributed by atoms with Crippen LogP contribution in [-0.2, 0) is 24.1 Å². The van der Waals surface area contributed by atoms with Gasteiger partial charge in [-0.3, -0.25) is 4.79 Å². The minimum absolute atomic E-state index is 0.0976. The predicted octanol–water partition coefficient (Wildman–Crippen LogP) is 3.74. The molecule has 3 heterocycles. The quantitative estimate of drug-likeness (QED) is 0.575. The highest BCUT2D eigenvalue weighted by Crippen LogP contribution is 2.36. The number of aliphatic hydroxyl groups is 1. The van der Waals surface area contributed by atoms with Gasteiger partial charge < -0.3 is 20.5 Å². The summed E-state index contributed by atoms with van der Waals surface area (Å²) in [5.41, 5.74) is 1.29. The molecule has 1 amide bonds. The Bertz CT molecular complexity index is 1250. The number of anilines is 1. The molecule has 2 aliphatic heterocycles. The highest BCUT2D eigenvalue weighted by Gasteiger charge is 2.41. The first-order chi connectivity index (χ1) is 15.3. The summed E-state index contributed by atoms with van der Waals surface area (Å²) < 4.78 is 48.2. The van der Waals surface area contributed by atoms with Gasteiger partial charge in [0.05, 0.1) is 30.7 Å². The maximum atomic E-state index is 14.1. The number of carbonyl (C=O) groups excluding carboxylic acids is 1. The fraction of sp³-hybridized carbons (Fsp3) is 0.182. The Kier molecular flexibility index (Phi) is 4.75. The minimum atomic E-state index is -4.85. The van der Waals surface area contributed by atoms with Gasteiger partial charge in [-0.15, -0.1) is 0 Å². The van der Waals surface area contributed by atoms with Crippen molar-refractivity contribution in [3.05, 3.63) is 82.3 Å². The van der Waals surface area contributed by atoms with Gasteiger partial charge in [0.25, 0.3) is 5.91 Å². The van der Waals surface area contributed by atoms with Gasteiger partial charge in [0, 0.05) is 16.8 Å². The molecular weight excluding hydrogens is 425 g/mol. The third-order valence-electron chi connectivity index (χ3n) is 5.41. The molecule has 1 unspecified atom stereocenters. The van der Waals surface area contributed by atoms with Crippen LogP contribution in [0.25, 0.3) is 11.8 Å². The Morgan fingerprint density at radius 3 is 2.84 bits per heavy atom. The number of carbonyl (C=O) groups is 1. The van der Waals surface area contributed by atoms with Crippen molar-refractivity contribution < 1.29 is 27.8 Å². The van der Waals surface area contributed by atoms with Crippen molar-refractivity contribution in [3.8, 4) is 5.69 Å². The Labute approximate surface area is 180 Å². The topological polar surface area (TPSA) is 88.4 Å². The Hall–Kier alpha value is -3.63. The summed E-state index contributed by atoms with van der Waals surface area (Å²) in [6, 6.07) is 9.65. The summed E-state index contributed by atoms with van der Waals surface area (Å²) in [4.78, 5) is 12.8. The molecule has 2 aromatic carbocycles. The van der Waals surface area contributed by atoms with Gasteiger partial charge in [-0.1, -0.05) is 18.2 Å². The molecule has 164 valence electrons. The van der Waals surface area contributed by atoms with Gasteiger partial charge in [0.2, 0.25) is 0 Å². The van der Waals surface area contributed by atoms with Crippen molar-refractivity contribution in [1.82, 2.24) is 15.1 Å². The summed E-state index contributed by atoms with van der Waals surface area (Å²) in [6.45, 7) is 0.854. The van der Waals surface area contributed by atoms with Crippen molar-refractivity contribution >= 4 is 17.7 Å². The summed E-state index contributed by atoms with van der Waals surface area (Å²) >= 11 is 0. The van der Waals surface area contributed by atoms with Crippen molar-refractivity contribution in [1.29, 1.82) is 0 Å². The van der Waals surface area contributed by atoms with Gasteiger partial charge in [-0.05, 0) is 41.6 Å². The number of amides is 1. The highest BCUT2D eigenvalue weighted by atomic mass is 19.4. The molecule has 0 fully saturated rings. The zero-order valence-corrected chi connectivity index (χ0v) is 16.5. The van der Waals surface area contributed by atoms with Crippen LogP contribution in [0.3, 0.4) is 0 Å². The summed E-state index contributed by atoms with van der Waals surface area (Å²) in [5.74, 6) is -0.926. The number of benzene rings is 2. The van der Waals surface area contributed by atoms with Gasteiger partial charge in [0.1, 0.15) is 0 Å². The van der Waals surface area contributed by atoms with E-state index in [1.54, 1.807) is 30.3 Å². The molecule has 5 rings (SSSR count). The van der Waals surface area contributed by atoms with Crippen LogP contribution in [0.4, 0.5) is 18.9 Å². The van der Waals surface area contributed by atoms with Crippen LogP contribution in [0.1, 0.15) is 44.5 Å². The van der Waals surface area contributed by atoms with Crippen LogP contribution in [0.2, 0.25) is 0 Å². The van der Waals surface area contributed by atoms with Crippen molar-refractivity contribution in [2.75, 3.05) is 5.32 Å². The average Bonchev–Trinajstić information content (AvgIpc) is 3.40. The molecule has 3 N–H and O–H groups in total. The molecular formula is C22H17F3N4O3. The number of hydrogen-bond acceptors (Lipinski definition) is 5. The zero-order valence-electron chi connectivity index (χ0n) is 16.5. The molecule has 0 bridgehead atoms. The van der Waals surface area contributed by atoms with E-state index in [9.17, 15) is 23.1 Å². The molecule has 0 saturated heterocycles. The number of aliphatic hydroxyl groups excluding tert-OH is 1. The highest BCUT2D eigenvalue weighted by molar-refractivity contribution is 6.05. The van der Waals surface area contributed by atoms with E-state index in [2.05, 4.69) is 15.7 Å². The van der Waals surface area contributed by atoms with E-state index >= 15 is 0 Å². The predicted molar refractivity (Wildman–Crippen MR) is 109 cm³/mol. The van der Waals surface area contributed by atoms with E-state index in [0.717, 1.165) is 17.3 Å². The number of rotatable bonds is 3. The van der Waals surface area contributed by atoms with Crippen molar-refractivity contribution in [2.24, 2.45) is 0 Å². The average molecular weight is 442 g/mol. The van der Waals surface area contributed by atoms with Crippen LogP contribution in [0.5, 0.6) is 0 Å². The van der Waals surface area contributed by atoms with E-state index in [-0.39, 0.29) is 5.69 Å². The zero-order chi connectivity index (χ0) is 22.5. The molecule has 3 aromatic rings. The van der Waals surface area contributed by atoms with E-state index in [1.165, 1.54) is 18.3 Å². The SMILES string of the molecule is O=C(Nc1ccc2c(c1)COC2)c1cnn(-c2cccc3c2C=CNC3O)c1C(F)(F)F. The lowest BCUT2D eigenvalue weighted by molar-refractivity contribution is -0.143. The van der Waals surface area contributed by atoms with Crippen LogP contribution in [0.15, 0.2) is 48.8 Å². The van der Waals surface area contributed by atoms with Gasteiger partial charge >= 0.3 is 6.18 Å². The second kappa shape index (κ2) is 7.50. The van der Waals surface area contributed by atoms with Crippen molar-refractivity contribution in [3.63, 3.8) is 0 Å². The molecule has 0 radical (unpaired) electrons. The molecule has 1 aromatic heterocycles. The molecule has 2 aliphatic rings. The molecule has 7 nitrogen and oxygen atoms in total. The first-order valence-corrected chi connectivity index (χ1v) is 9.73. The minimum Gasteiger partial charge on any atom is -0.372 e. The first kappa shape index (κ1) is 20.3. The summed E-state index contributed by atoms with van der Waals surface area (Å²) in [5, 5.41) is 19.2. The molecule has 0 saturated carbocycles. The van der Waals surface area contributed by atoms with E-state index in [1.807, 2.05) is 0 Å². The van der Waals surface area contributed by atoms with E-state index in [0.29, 0.717) is 34.7 Å². The fourth-order valence-electron chi connectivity index (χ4n) is 3.91. The van der Waals surface area contributed by atoms with Crippen LogP contribution in [-0.4, -0.2) is 20.8 Å². The number of nitrogens with one attached hydrogen (secondary N) is 2. The monoisotopic (exact) mass is 442 g/mol. The lowest BCUT2D eigenvalue weighted by Crippen LogP contribution is -2.23. The standard InChI is InChI=1S/C22H17F3N4O3/c23-22(24,25)19-17(21(31)28-14-5-4-12-10-32-11-13(12)8-14)9-27-29(19)18-3-1-2-16-15(18)6-7-26-20(16)30/h1-9,20,26,30H,10-11H2,(H,28,31). The number of halogens is 3. The molecule has 32 heavy (non-hydrogen) atoms. The van der Waals surface area contributed by atoms with Crippen LogP contribution in [0, 0.1) is 0 Å². The van der Waals surface area contributed by atoms with Crippen LogP contribution >= 0.6 is 0 Å². The number of hydrogen-bond donors (Lipinski definition) is 3. The summed E-state index contributed by atoms with van der Waals surface area (Å²) in [6.07, 6.45) is -2.03. The third-order valence-corrected chi connectivity index (χ3v) is 5.41. The lowest BCUT2D eigenvalue weighted by Gasteiger charge is -2.22. The van der Waals surface area contributed by atoms with Gasteiger partial charge in [-0.25, -0.2) is 4.68 Å². The largest absolute Gasteiger partial charge is 0.434 e. The number of ether oxygens (including phenoxy) is 1. The summed E-state index contributed by atoms with van der Waals surface area (Å²) in [7, 11) is 0. The van der Waals surface area contributed by atoms with Gasteiger partial charge in [-0.2, -0.15) is 18.3 Å². The second-order valence-corrected chi connectivity index (χ2v) is 7.43. The van der Waals surface area contributed by atoms with Crippen molar-refractivity contribution in [2.45, 2.75) is 25.6 Å². The normalized spacial score (nSPS) is 16.9. The van der Waals surface area contributed by atoms with Crippen LogP contribution < -0.4 is 10.6 Å². The molecule has 0 spiro atoms. The number of fused-ring (bicyclic) bond motifs is 2. The molecule has 0 aliphatic carbocycles. The second-order valence-electron chi connectivity index (χ2n) is 7.43. The number of aromatic nitrogens is 2. The Balaban J connectivity index is 1.55. The number of nitrogens with zero attached hydrogens (tertiary/aromatic N) is 2. The van der Waals surface area contributed by atoms with E-state index < -0.39 is 29.6 Å². The Morgan fingerprint density at radius 2 is 2.03 bits per heavy atom. The Morgan fingerprint density at radius 1 is 1.22 bits per heavy atom. The maximum Gasteiger partial charge on any atom is 0.434 e. The first-order valence-electron chi connectivity index (χ1n) is 9.73. The van der Waals surface area contributed by atoms with Gasteiger partial charge in [0.15, 0.2) is 11.9 Å². The lowest BCUT2D eigenvalue weighted by atomic mass is 10.0. The third kappa shape index (κ3) is 3.43. The molecule has 10 heteroatoms.